The number of ether oxygens (including phenoxy) is 2. The first kappa shape index (κ1) is 15.8. The zero-order valence-corrected chi connectivity index (χ0v) is 11.8. The summed E-state index contributed by atoms with van der Waals surface area (Å²) >= 11 is 0. The van der Waals surface area contributed by atoms with Crippen molar-refractivity contribution in [2.24, 2.45) is 0 Å². The second-order valence-corrected chi connectivity index (χ2v) is 5.60. The van der Waals surface area contributed by atoms with E-state index in [0.29, 0.717) is 6.42 Å². The molecule has 0 spiro atoms. The molecule has 108 valence electrons. The highest BCUT2D eigenvalue weighted by molar-refractivity contribution is 4.83. The van der Waals surface area contributed by atoms with Gasteiger partial charge in [-0.1, -0.05) is 39.0 Å². The van der Waals surface area contributed by atoms with Crippen molar-refractivity contribution in [3.8, 4) is 0 Å². The molecule has 0 amide bonds. The minimum atomic E-state index is -2.77. The zero-order valence-electron chi connectivity index (χ0n) is 11.8. The van der Waals surface area contributed by atoms with Gasteiger partial charge in [-0.15, -0.1) is 0 Å². The van der Waals surface area contributed by atoms with E-state index in [4.69, 9.17) is 9.47 Å². The van der Waals surface area contributed by atoms with E-state index >= 15 is 0 Å². The fraction of sp³-hybridized carbons (Fsp3) is 1.00. The van der Waals surface area contributed by atoms with E-state index in [1.807, 2.05) is 0 Å². The van der Waals surface area contributed by atoms with Gasteiger partial charge >= 0.3 is 0 Å². The molecule has 1 fully saturated rings. The lowest BCUT2D eigenvalue weighted by Gasteiger charge is -2.23. The Morgan fingerprint density at radius 3 is 2.28 bits per heavy atom. The van der Waals surface area contributed by atoms with Crippen LogP contribution in [0.5, 0.6) is 0 Å². The summed E-state index contributed by atoms with van der Waals surface area (Å²) in [6.45, 7) is 5.49. The summed E-state index contributed by atoms with van der Waals surface area (Å²) in [5.41, 5.74) is 0. The number of hydrogen-bond acceptors (Lipinski definition) is 2. The molecule has 0 radical (unpaired) electrons. The minimum Gasteiger partial charge on any atom is -0.348 e. The third-order valence-electron chi connectivity index (χ3n) is 3.34. The van der Waals surface area contributed by atoms with Crippen LogP contribution in [0, 0.1) is 0 Å². The monoisotopic (exact) mass is 264 g/mol. The van der Waals surface area contributed by atoms with E-state index in [1.54, 1.807) is 13.8 Å². The molecule has 1 atom stereocenters. The Bertz CT molecular complexity index is 242. The third kappa shape index (κ3) is 5.19. The lowest BCUT2D eigenvalue weighted by atomic mass is 10.0. The van der Waals surface area contributed by atoms with Crippen LogP contribution < -0.4 is 0 Å². The van der Waals surface area contributed by atoms with Gasteiger partial charge in [-0.2, -0.15) is 0 Å². The van der Waals surface area contributed by atoms with Crippen LogP contribution in [0.2, 0.25) is 0 Å². The normalized spacial score (nSPS) is 23.5. The van der Waals surface area contributed by atoms with Gasteiger partial charge in [-0.25, -0.2) is 8.78 Å². The largest absolute Gasteiger partial charge is 0.348 e. The molecule has 0 unspecified atom stereocenters. The quantitative estimate of drug-likeness (QED) is 0.600. The Balaban J connectivity index is 2.19. The lowest BCUT2D eigenvalue weighted by molar-refractivity contribution is -0.183. The molecule has 0 aromatic heterocycles. The van der Waals surface area contributed by atoms with Crippen molar-refractivity contribution in [3.63, 3.8) is 0 Å². The van der Waals surface area contributed by atoms with Crippen molar-refractivity contribution in [1.82, 2.24) is 0 Å². The molecule has 1 aliphatic heterocycles. The number of hydrogen-bond donors (Lipinski definition) is 0. The summed E-state index contributed by atoms with van der Waals surface area (Å²) in [6.07, 6.45) is 4.86. The van der Waals surface area contributed by atoms with Crippen LogP contribution in [0.4, 0.5) is 8.78 Å². The summed E-state index contributed by atoms with van der Waals surface area (Å²) in [4.78, 5) is 0. The summed E-state index contributed by atoms with van der Waals surface area (Å²) in [5.74, 6) is -3.63. The maximum atomic E-state index is 13.8. The zero-order chi connectivity index (χ0) is 13.6. The molecule has 2 nitrogen and oxygen atoms in total. The Morgan fingerprint density at radius 2 is 1.72 bits per heavy atom. The Kier molecular flexibility index (Phi) is 5.99. The molecule has 0 N–H and O–H groups in total. The fourth-order valence-electron chi connectivity index (χ4n) is 2.20. The molecule has 0 aromatic rings. The van der Waals surface area contributed by atoms with Gasteiger partial charge in [0.15, 0.2) is 5.79 Å². The molecule has 0 saturated carbocycles. The van der Waals surface area contributed by atoms with Crippen molar-refractivity contribution in [2.45, 2.75) is 83.5 Å². The van der Waals surface area contributed by atoms with Crippen LogP contribution in [-0.4, -0.2) is 24.4 Å². The fourth-order valence-corrected chi connectivity index (χ4v) is 2.20. The van der Waals surface area contributed by atoms with E-state index in [2.05, 4.69) is 6.92 Å². The standard InChI is InChI=1S/C14H26F2O2/c1-4-5-6-7-8-9-10-14(15,16)12-11-17-13(2,3)18-12/h12H,4-11H2,1-3H3/t12-/m1/s1. The SMILES string of the molecule is CCCCCCCCC(F)(F)[C@H]1COC(C)(C)O1. The van der Waals surface area contributed by atoms with Gasteiger partial charge < -0.3 is 9.47 Å². The van der Waals surface area contributed by atoms with Gasteiger partial charge in [0.05, 0.1) is 6.61 Å². The van der Waals surface area contributed by atoms with Crippen LogP contribution >= 0.6 is 0 Å². The average Bonchev–Trinajstić information content (AvgIpc) is 2.65. The van der Waals surface area contributed by atoms with Crippen molar-refractivity contribution in [2.75, 3.05) is 6.61 Å². The summed E-state index contributed by atoms with van der Waals surface area (Å²) < 4.78 is 38.1. The van der Waals surface area contributed by atoms with Gasteiger partial charge in [-0.05, 0) is 20.3 Å². The number of unbranched alkanes of at least 4 members (excludes halogenated alkanes) is 5. The molecule has 0 bridgehead atoms. The molecule has 1 heterocycles. The topological polar surface area (TPSA) is 18.5 Å². The molecular formula is C14H26F2O2. The molecular weight excluding hydrogens is 238 g/mol. The van der Waals surface area contributed by atoms with E-state index in [0.717, 1.165) is 19.3 Å². The van der Waals surface area contributed by atoms with Crippen LogP contribution in [0.3, 0.4) is 0 Å². The van der Waals surface area contributed by atoms with Crippen molar-refractivity contribution < 1.29 is 18.3 Å². The lowest BCUT2D eigenvalue weighted by Crippen LogP contribution is -2.36. The van der Waals surface area contributed by atoms with Gasteiger partial charge in [-0.3, -0.25) is 0 Å². The first-order chi connectivity index (χ1) is 8.37. The van der Waals surface area contributed by atoms with Crippen LogP contribution in [0.1, 0.15) is 65.7 Å². The smallest absolute Gasteiger partial charge is 0.276 e. The molecule has 0 aromatic carbocycles. The van der Waals surface area contributed by atoms with Crippen molar-refractivity contribution >= 4 is 0 Å². The molecule has 4 heteroatoms. The van der Waals surface area contributed by atoms with Gasteiger partial charge in [0, 0.05) is 6.42 Å². The Hall–Kier alpha value is -0.220. The highest BCUT2D eigenvalue weighted by Gasteiger charge is 2.47. The predicted octanol–water partition coefficient (Wildman–Crippen LogP) is 4.52. The summed E-state index contributed by atoms with van der Waals surface area (Å²) in [7, 11) is 0. The van der Waals surface area contributed by atoms with Gasteiger partial charge in [0.2, 0.25) is 0 Å². The minimum absolute atomic E-state index is 0.00413. The molecule has 1 aliphatic rings. The molecule has 18 heavy (non-hydrogen) atoms. The highest BCUT2D eigenvalue weighted by Crippen LogP contribution is 2.35. The van der Waals surface area contributed by atoms with E-state index < -0.39 is 17.8 Å². The first-order valence-electron chi connectivity index (χ1n) is 7.07. The second-order valence-electron chi connectivity index (χ2n) is 5.60. The number of rotatable bonds is 8. The maximum absolute atomic E-state index is 13.8. The maximum Gasteiger partial charge on any atom is 0.276 e. The highest BCUT2D eigenvalue weighted by atomic mass is 19.3. The van der Waals surface area contributed by atoms with E-state index in [-0.39, 0.29) is 13.0 Å². The van der Waals surface area contributed by atoms with Crippen LogP contribution in [-0.2, 0) is 9.47 Å². The third-order valence-corrected chi connectivity index (χ3v) is 3.34. The number of halogens is 2. The molecule has 0 aliphatic carbocycles. The van der Waals surface area contributed by atoms with Crippen LogP contribution in [0.15, 0.2) is 0 Å². The van der Waals surface area contributed by atoms with Gasteiger partial charge in [0.25, 0.3) is 5.92 Å². The first-order valence-corrected chi connectivity index (χ1v) is 7.07. The van der Waals surface area contributed by atoms with Crippen LogP contribution in [0.25, 0.3) is 0 Å². The Morgan fingerprint density at radius 1 is 1.11 bits per heavy atom. The summed E-state index contributed by atoms with van der Waals surface area (Å²) in [5, 5.41) is 0. The molecule has 1 saturated heterocycles. The predicted molar refractivity (Wildman–Crippen MR) is 67.8 cm³/mol. The molecule has 1 rings (SSSR count). The number of alkyl halides is 2. The van der Waals surface area contributed by atoms with Crippen molar-refractivity contribution in [3.05, 3.63) is 0 Å². The Labute approximate surface area is 109 Å². The van der Waals surface area contributed by atoms with Crippen molar-refractivity contribution in [1.29, 1.82) is 0 Å². The van der Waals surface area contributed by atoms with Gasteiger partial charge in [0.1, 0.15) is 6.10 Å². The summed E-state index contributed by atoms with van der Waals surface area (Å²) in [6, 6.07) is 0. The average molecular weight is 264 g/mol. The second kappa shape index (κ2) is 6.80. The van der Waals surface area contributed by atoms with E-state index in [1.165, 1.54) is 12.8 Å². The van der Waals surface area contributed by atoms with E-state index in [9.17, 15) is 8.78 Å².